The van der Waals surface area contributed by atoms with Crippen molar-refractivity contribution >= 4 is 0 Å². The number of benzene rings is 1. The van der Waals surface area contributed by atoms with Crippen molar-refractivity contribution in [2.75, 3.05) is 0 Å². The van der Waals surface area contributed by atoms with Crippen LogP contribution in [0.5, 0.6) is 5.75 Å². The van der Waals surface area contributed by atoms with E-state index in [1.807, 2.05) is 13.8 Å². The molecule has 0 amide bonds. The number of aromatic hydroxyl groups is 1. The number of rotatable bonds is 3. The summed E-state index contributed by atoms with van der Waals surface area (Å²) in [6, 6.07) is 3.34. The summed E-state index contributed by atoms with van der Waals surface area (Å²) in [6.07, 6.45) is 0. The van der Waals surface area contributed by atoms with Gasteiger partial charge in [0.25, 0.3) is 0 Å². The van der Waals surface area contributed by atoms with Crippen LogP contribution in [-0.2, 0) is 13.2 Å². The van der Waals surface area contributed by atoms with Crippen LogP contribution in [0.25, 0.3) is 0 Å². The minimum absolute atomic E-state index is 0.0425. The van der Waals surface area contributed by atoms with Crippen LogP contribution < -0.4 is 0 Å². The Bertz CT molecular complexity index is 319. The van der Waals surface area contributed by atoms with Crippen LogP contribution >= 0.6 is 0 Å². The van der Waals surface area contributed by atoms with E-state index in [0.717, 1.165) is 5.56 Å². The second-order valence-electron chi connectivity index (χ2n) is 3.60. The third kappa shape index (κ3) is 1.89. The molecule has 0 bridgehead atoms. The SMILES string of the molecule is CC(C)c1ccc(O)c(CO)c1CO. The van der Waals surface area contributed by atoms with Crippen molar-refractivity contribution in [1.29, 1.82) is 0 Å². The highest BCUT2D eigenvalue weighted by Crippen LogP contribution is 2.29. The first-order valence-electron chi connectivity index (χ1n) is 4.67. The first-order valence-corrected chi connectivity index (χ1v) is 4.67. The van der Waals surface area contributed by atoms with Gasteiger partial charge in [-0.3, -0.25) is 0 Å². The number of hydrogen-bond acceptors (Lipinski definition) is 3. The van der Waals surface area contributed by atoms with E-state index in [-0.39, 0.29) is 24.9 Å². The molecule has 0 aliphatic carbocycles. The molecule has 14 heavy (non-hydrogen) atoms. The zero-order valence-electron chi connectivity index (χ0n) is 8.49. The lowest BCUT2D eigenvalue weighted by atomic mass is 9.93. The first kappa shape index (κ1) is 11.0. The van der Waals surface area contributed by atoms with E-state index >= 15 is 0 Å². The molecule has 0 spiro atoms. The third-order valence-corrected chi connectivity index (χ3v) is 2.38. The fourth-order valence-corrected chi connectivity index (χ4v) is 1.60. The van der Waals surface area contributed by atoms with Gasteiger partial charge in [-0.05, 0) is 23.1 Å². The molecule has 0 unspecified atom stereocenters. The number of phenols is 1. The molecule has 0 atom stereocenters. The van der Waals surface area contributed by atoms with Crippen molar-refractivity contribution < 1.29 is 15.3 Å². The minimum Gasteiger partial charge on any atom is -0.508 e. The third-order valence-electron chi connectivity index (χ3n) is 2.38. The highest BCUT2D eigenvalue weighted by atomic mass is 16.3. The lowest BCUT2D eigenvalue weighted by molar-refractivity contribution is 0.254. The Morgan fingerprint density at radius 3 is 2.07 bits per heavy atom. The summed E-state index contributed by atoms with van der Waals surface area (Å²) >= 11 is 0. The predicted molar refractivity (Wildman–Crippen MR) is 54.0 cm³/mol. The number of aliphatic hydroxyl groups excluding tert-OH is 2. The normalized spacial score (nSPS) is 10.9. The molecule has 0 aliphatic rings. The molecular weight excluding hydrogens is 180 g/mol. The summed E-state index contributed by atoms with van der Waals surface area (Å²) in [7, 11) is 0. The molecule has 0 fully saturated rings. The van der Waals surface area contributed by atoms with Gasteiger partial charge in [-0.15, -0.1) is 0 Å². The van der Waals surface area contributed by atoms with E-state index in [1.165, 1.54) is 0 Å². The van der Waals surface area contributed by atoms with E-state index in [0.29, 0.717) is 11.1 Å². The van der Waals surface area contributed by atoms with Crippen LogP contribution in [0.1, 0.15) is 36.5 Å². The fourth-order valence-electron chi connectivity index (χ4n) is 1.60. The average molecular weight is 196 g/mol. The molecule has 1 rings (SSSR count). The molecule has 0 saturated heterocycles. The van der Waals surface area contributed by atoms with Crippen LogP contribution in [0, 0.1) is 0 Å². The zero-order chi connectivity index (χ0) is 10.7. The highest BCUT2D eigenvalue weighted by Gasteiger charge is 2.13. The van der Waals surface area contributed by atoms with Crippen molar-refractivity contribution in [3.8, 4) is 5.75 Å². The van der Waals surface area contributed by atoms with Crippen LogP contribution in [0.15, 0.2) is 12.1 Å². The smallest absolute Gasteiger partial charge is 0.121 e. The Hall–Kier alpha value is -1.06. The van der Waals surface area contributed by atoms with Crippen molar-refractivity contribution in [1.82, 2.24) is 0 Å². The summed E-state index contributed by atoms with van der Waals surface area (Å²) in [5.41, 5.74) is 2.04. The van der Waals surface area contributed by atoms with Gasteiger partial charge in [-0.25, -0.2) is 0 Å². The van der Waals surface area contributed by atoms with E-state index in [2.05, 4.69) is 0 Å². The van der Waals surface area contributed by atoms with Crippen LogP contribution in [-0.4, -0.2) is 15.3 Å². The summed E-state index contributed by atoms with van der Waals surface area (Å²) < 4.78 is 0. The molecule has 3 heteroatoms. The van der Waals surface area contributed by atoms with Crippen molar-refractivity contribution in [2.24, 2.45) is 0 Å². The Morgan fingerprint density at radius 2 is 1.64 bits per heavy atom. The van der Waals surface area contributed by atoms with Gasteiger partial charge in [0.05, 0.1) is 13.2 Å². The lowest BCUT2D eigenvalue weighted by Gasteiger charge is -2.15. The van der Waals surface area contributed by atoms with Gasteiger partial charge < -0.3 is 15.3 Å². The van der Waals surface area contributed by atoms with Gasteiger partial charge in [0.2, 0.25) is 0 Å². The Morgan fingerprint density at radius 1 is 1.07 bits per heavy atom. The fraction of sp³-hybridized carbons (Fsp3) is 0.455. The molecule has 1 aromatic rings. The van der Waals surface area contributed by atoms with Crippen LogP contribution in [0.4, 0.5) is 0 Å². The Balaban J connectivity index is 3.33. The molecule has 0 aliphatic heterocycles. The van der Waals surface area contributed by atoms with E-state index in [1.54, 1.807) is 12.1 Å². The molecule has 3 nitrogen and oxygen atoms in total. The molecule has 1 aromatic carbocycles. The maximum atomic E-state index is 9.46. The van der Waals surface area contributed by atoms with Crippen LogP contribution in [0.2, 0.25) is 0 Å². The average Bonchev–Trinajstić information content (AvgIpc) is 2.16. The van der Waals surface area contributed by atoms with Gasteiger partial charge in [0.1, 0.15) is 5.75 Å². The van der Waals surface area contributed by atoms with E-state index < -0.39 is 0 Å². The second-order valence-corrected chi connectivity index (χ2v) is 3.60. The Labute approximate surface area is 83.6 Å². The van der Waals surface area contributed by atoms with Gasteiger partial charge in [-0.1, -0.05) is 19.9 Å². The quantitative estimate of drug-likeness (QED) is 0.686. The molecule has 0 radical (unpaired) electrons. The topological polar surface area (TPSA) is 60.7 Å². The van der Waals surface area contributed by atoms with Gasteiger partial charge >= 0.3 is 0 Å². The highest BCUT2D eigenvalue weighted by molar-refractivity contribution is 5.44. The second kappa shape index (κ2) is 4.44. The number of aliphatic hydroxyl groups is 2. The molecule has 78 valence electrons. The van der Waals surface area contributed by atoms with Gasteiger partial charge in [0.15, 0.2) is 0 Å². The predicted octanol–water partition coefficient (Wildman–Crippen LogP) is 1.50. The standard InChI is InChI=1S/C11H16O3/c1-7(2)8-3-4-11(14)10(6-13)9(8)5-12/h3-4,7,12-14H,5-6H2,1-2H3. The van der Waals surface area contributed by atoms with E-state index in [4.69, 9.17) is 5.11 Å². The van der Waals surface area contributed by atoms with Gasteiger partial charge in [0, 0.05) is 5.56 Å². The maximum Gasteiger partial charge on any atom is 0.121 e. The monoisotopic (exact) mass is 196 g/mol. The summed E-state index contributed by atoms with van der Waals surface area (Å²) in [6.45, 7) is 3.61. The molecule has 0 saturated carbocycles. The summed E-state index contributed by atoms with van der Waals surface area (Å²) in [5.74, 6) is 0.309. The maximum absolute atomic E-state index is 9.46. The molecule has 0 heterocycles. The van der Waals surface area contributed by atoms with Crippen molar-refractivity contribution in [2.45, 2.75) is 33.0 Å². The van der Waals surface area contributed by atoms with E-state index in [9.17, 15) is 10.2 Å². The molecule has 3 N–H and O–H groups in total. The molecule has 0 aromatic heterocycles. The number of hydrogen-bond donors (Lipinski definition) is 3. The van der Waals surface area contributed by atoms with Crippen molar-refractivity contribution in [3.63, 3.8) is 0 Å². The van der Waals surface area contributed by atoms with Gasteiger partial charge in [-0.2, -0.15) is 0 Å². The first-order chi connectivity index (χ1) is 6.61. The summed E-state index contributed by atoms with van der Waals surface area (Å²) in [5, 5.41) is 27.7. The zero-order valence-corrected chi connectivity index (χ0v) is 8.49. The van der Waals surface area contributed by atoms with Crippen LogP contribution in [0.3, 0.4) is 0 Å². The largest absolute Gasteiger partial charge is 0.508 e. The minimum atomic E-state index is -0.248. The van der Waals surface area contributed by atoms with Crippen molar-refractivity contribution in [3.05, 3.63) is 28.8 Å². The Kier molecular flexibility index (Phi) is 3.49. The lowest BCUT2D eigenvalue weighted by Crippen LogP contribution is -2.02. The summed E-state index contributed by atoms with van der Waals surface area (Å²) in [4.78, 5) is 0. The molecular formula is C11H16O3.